The molecule has 5 atom stereocenters. The van der Waals surface area contributed by atoms with Crippen LogP contribution in [-0.4, -0.2) is 99.9 Å². The first-order valence-corrected chi connectivity index (χ1v) is 16.7. The predicted molar refractivity (Wildman–Crippen MR) is 167 cm³/mol. The normalized spacial score (nSPS) is 25.5. The Balaban J connectivity index is 1.48. The number of nitrogens with one attached hydrogen (secondary N) is 1. The molecule has 4 unspecified atom stereocenters. The van der Waals surface area contributed by atoms with Crippen molar-refractivity contribution in [3.8, 4) is 0 Å². The molecule has 1 amide bonds. The largest absolute Gasteiger partial charge is 0.379 e. The second-order valence-electron chi connectivity index (χ2n) is 14.5. The van der Waals surface area contributed by atoms with Crippen molar-refractivity contribution >= 4 is 17.5 Å². The Bertz CT molecular complexity index is 903. The second-order valence-corrected chi connectivity index (χ2v) is 14.5. The van der Waals surface area contributed by atoms with Crippen LogP contribution < -0.4 is 5.32 Å². The molecule has 1 aliphatic heterocycles. The van der Waals surface area contributed by atoms with Crippen LogP contribution in [0.2, 0.25) is 0 Å². The Morgan fingerprint density at radius 3 is 2.19 bits per heavy atom. The van der Waals surface area contributed by atoms with Crippen molar-refractivity contribution in [1.82, 2.24) is 10.2 Å². The van der Waals surface area contributed by atoms with Crippen LogP contribution in [0.1, 0.15) is 98.8 Å². The zero-order chi connectivity index (χ0) is 31.6. The van der Waals surface area contributed by atoms with Crippen molar-refractivity contribution in [2.45, 2.75) is 123 Å². The zero-order valence-corrected chi connectivity index (χ0v) is 28.1. The number of rotatable bonds is 20. The number of Topliss-reactive ketones (excluding diaryl/α,β-unsaturated/α-hetero) is 2. The van der Waals surface area contributed by atoms with Gasteiger partial charge in [0.2, 0.25) is 5.91 Å². The van der Waals surface area contributed by atoms with E-state index in [0.717, 1.165) is 32.3 Å². The van der Waals surface area contributed by atoms with Crippen molar-refractivity contribution in [3.05, 3.63) is 0 Å². The molecule has 1 saturated heterocycles. The van der Waals surface area contributed by atoms with E-state index in [-0.39, 0.29) is 66.5 Å². The van der Waals surface area contributed by atoms with Crippen molar-refractivity contribution < 1.29 is 33.3 Å². The quantitative estimate of drug-likeness (QED) is 0.200. The van der Waals surface area contributed by atoms with Crippen LogP contribution in [0.25, 0.3) is 0 Å². The fourth-order valence-corrected chi connectivity index (χ4v) is 6.57. The van der Waals surface area contributed by atoms with Crippen molar-refractivity contribution in [3.63, 3.8) is 0 Å². The van der Waals surface area contributed by atoms with Crippen LogP contribution in [0, 0.1) is 23.2 Å². The molecule has 9 heteroatoms. The minimum atomic E-state index is -0.604. The summed E-state index contributed by atoms with van der Waals surface area (Å²) in [6.07, 6.45) is 8.93. The molecule has 0 aromatic rings. The molecule has 2 aliphatic carbocycles. The first kappa shape index (κ1) is 36.1. The molecule has 43 heavy (non-hydrogen) atoms. The zero-order valence-electron chi connectivity index (χ0n) is 28.1. The summed E-state index contributed by atoms with van der Waals surface area (Å²) >= 11 is 0. The molecule has 3 fully saturated rings. The van der Waals surface area contributed by atoms with Gasteiger partial charge in [-0.05, 0) is 83.6 Å². The third kappa shape index (κ3) is 10.9. The number of hydrogen-bond donors (Lipinski definition) is 1. The maximum absolute atomic E-state index is 13.4. The highest BCUT2D eigenvalue weighted by molar-refractivity contribution is 5.82. The Labute approximate surface area is 260 Å². The molecule has 3 aliphatic rings. The molecule has 1 heterocycles. The van der Waals surface area contributed by atoms with Gasteiger partial charge in [0.25, 0.3) is 0 Å². The minimum Gasteiger partial charge on any atom is -0.379 e. The average molecular weight is 609 g/mol. The summed E-state index contributed by atoms with van der Waals surface area (Å²) in [6, 6.07) is -0.0210. The lowest BCUT2D eigenvalue weighted by atomic mass is 9.66. The van der Waals surface area contributed by atoms with E-state index in [2.05, 4.69) is 19.2 Å². The molecule has 0 aromatic heterocycles. The Hall–Kier alpha value is -1.39. The summed E-state index contributed by atoms with van der Waals surface area (Å²) in [7, 11) is 3.74. The number of likely N-dealkylation sites (N-methyl/N-ethyl adjacent to an activating group) is 2. The SMILES string of the molecule is CN[C@@H]1CCCOC1C1CCC1C(=O)CCOCC(COCCC(C)=O)N(C)C(=O)CC(C)(C)OCC(C)(C)C1CCC1. The molecule has 0 spiro atoms. The summed E-state index contributed by atoms with van der Waals surface area (Å²) in [4.78, 5) is 39.5. The summed E-state index contributed by atoms with van der Waals surface area (Å²) in [6.45, 7) is 12.5. The maximum Gasteiger partial charge on any atom is 0.225 e. The molecule has 9 nitrogen and oxygen atoms in total. The van der Waals surface area contributed by atoms with Gasteiger partial charge in [0, 0.05) is 38.5 Å². The van der Waals surface area contributed by atoms with E-state index in [9.17, 15) is 14.4 Å². The first-order valence-electron chi connectivity index (χ1n) is 16.7. The minimum absolute atomic E-state index is 0.0361. The van der Waals surface area contributed by atoms with E-state index < -0.39 is 5.60 Å². The standard InChI is InChI=1S/C34H60N2O7/c1-24(37)15-18-40-21-26(36(7)31(39)20-34(4,5)43-23-33(2,3)25-10-8-11-25)22-41-19-16-30(38)27-13-14-28(27)32-29(35-6)12-9-17-42-32/h25-29,32,35H,8-23H2,1-7H3/t26?,27?,28?,29-,32?/m1/s1. The van der Waals surface area contributed by atoms with E-state index in [1.165, 1.54) is 26.2 Å². The number of ketones is 2. The lowest BCUT2D eigenvalue weighted by Gasteiger charge is -2.45. The number of hydrogen-bond acceptors (Lipinski definition) is 8. The molecule has 2 saturated carbocycles. The van der Waals surface area contributed by atoms with Gasteiger partial charge in [0.15, 0.2) is 0 Å². The monoisotopic (exact) mass is 608 g/mol. The Morgan fingerprint density at radius 1 is 0.953 bits per heavy atom. The Kier molecular flexibility index (Phi) is 14.1. The summed E-state index contributed by atoms with van der Waals surface area (Å²) in [5, 5.41) is 3.38. The van der Waals surface area contributed by atoms with Gasteiger partial charge in [-0.1, -0.05) is 20.3 Å². The highest BCUT2D eigenvalue weighted by Crippen LogP contribution is 2.43. The Morgan fingerprint density at radius 2 is 1.63 bits per heavy atom. The van der Waals surface area contributed by atoms with Crippen LogP contribution >= 0.6 is 0 Å². The van der Waals surface area contributed by atoms with Gasteiger partial charge in [-0.15, -0.1) is 0 Å². The van der Waals surface area contributed by atoms with Crippen molar-refractivity contribution in [2.24, 2.45) is 23.2 Å². The fraction of sp³-hybridized carbons (Fsp3) is 0.912. The highest BCUT2D eigenvalue weighted by Gasteiger charge is 2.45. The fourth-order valence-electron chi connectivity index (χ4n) is 6.57. The van der Waals surface area contributed by atoms with Crippen LogP contribution in [0.5, 0.6) is 0 Å². The van der Waals surface area contributed by atoms with Crippen LogP contribution in [-0.2, 0) is 33.3 Å². The van der Waals surface area contributed by atoms with Gasteiger partial charge in [0.05, 0.1) is 57.2 Å². The molecule has 0 radical (unpaired) electrons. The van der Waals surface area contributed by atoms with E-state index in [1.807, 2.05) is 20.9 Å². The third-order valence-corrected chi connectivity index (χ3v) is 10.2. The number of carbonyl (C=O) groups excluding carboxylic acids is 3. The highest BCUT2D eigenvalue weighted by atomic mass is 16.5. The lowest BCUT2D eigenvalue weighted by Crippen LogP contribution is -2.53. The van der Waals surface area contributed by atoms with E-state index in [0.29, 0.717) is 44.6 Å². The summed E-state index contributed by atoms with van der Waals surface area (Å²) in [5.41, 5.74) is -0.506. The molecular formula is C34H60N2O7. The van der Waals surface area contributed by atoms with Crippen molar-refractivity contribution in [1.29, 1.82) is 0 Å². The van der Waals surface area contributed by atoms with Gasteiger partial charge in [0.1, 0.15) is 11.6 Å². The predicted octanol–water partition coefficient (Wildman–Crippen LogP) is 4.59. The summed E-state index contributed by atoms with van der Waals surface area (Å²) in [5.74, 6) is 1.25. The number of ether oxygens (including phenoxy) is 4. The third-order valence-electron chi connectivity index (χ3n) is 10.2. The molecule has 0 bridgehead atoms. The van der Waals surface area contributed by atoms with Crippen LogP contribution in [0.3, 0.4) is 0 Å². The van der Waals surface area contributed by atoms with Gasteiger partial charge in [-0.25, -0.2) is 0 Å². The molecule has 0 aromatic carbocycles. The molecular weight excluding hydrogens is 548 g/mol. The van der Waals surface area contributed by atoms with Gasteiger partial charge in [-0.3, -0.25) is 14.4 Å². The maximum atomic E-state index is 13.4. The summed E-state index contributed by atoms with van der Waals surface area (Å²) < 4.78 is 24.2. The molecule has 3 rings (SSSR count). The van der Waals surface area contributed by atoms with E-state index >= 15 is 0 Å². The van der Waals surface area contributed by atoms with Crippen molar-refractivity contribution in [2.75, 3.05) is 53.7 Å². The van der Waals surface area contributed by atoms with Gasteiger partial charge >= 0.3 is 0 Å². The molecule has 248 valence electrons. The van der Waals surface area contributed by atoms with Crippen LogP contribution in [0.4, 0.5) is 0 Å². The number of amides is 1. The first-order chi connectivity index (χ1) is 20.3. The van der Waals surface area contributed by atoms with E-state index in [4.69, 9.17) is 18.9 Å². The number of nitrogens with zero attached hydrogens (tertiary/aromatic N) is 1. The average Bonchev–Trinajstić information content (AvgIpc) is 2.89. The van der Waals surface area contributed by atoms with E-state index in [1.54, 1.807) is 11.9 Å². The lowest BCUT2D eigenvalue weighted by molar-refractivity contribution is -0.145. The van der Waals surface area contributed by atoms with Gasteiger partial charge < -0.3 is 29.2 Å². The molecule has 1 N–H and O–H groups in total. The van der Waals surface area contributed by atoms with Crippen LogP contribution in [0.15, 0.2) is 0 Å². The topological polar surface area (TPSA) is 103 Å². The number of carbonyl (C=O) groups is 3. The second kappa shape index (κ2) is 16.8. The smallest absolute Gasteiger partial charge is 0.225 e. The van der Waals surface area contributed by atoms with Gasteiger partial charge in [-0.2, -0.15) is 0 Å².